The summed E-state index contributed by atoms with van der Waals surface area (Å²) in [6.45, 7) is 5.51. The molecule has 0 amide bonds. The van der Waals surface area contributed by atoms with Crippen LogP contribution < -0.4 is 4.90 Å². The van der Waals surface area contributed by atoms with E-state index in [2.05, 4.69) is 35.9 Å². The summed E-state index contributed by atoms with van der Waals surface area (Å²) in [6.07, 6.45) is 4.55. The quantitative estimate of drug-likeness (QED) is 0.653. The Morgan fingerprint density at radius 2 is 2.31 bits per heavy atom. The Morgan fingerprint density at radius 1 is 1.46 bits per heavy atom. The zero-order valence-electron chi connectivity index (χ0n) is 8.33. The molecule has 1 atom stereocenters. The van der Waals surface area contributed by atoms with E-state index < -0.39 is 0 Å². The predicted octanol–water partition coefficient (Wildman–Crippen LogP) is 2.38. The van der Waals surface area contributed by atoms with Crippen LogP contribution in [0, 0.1) is 6.92 Å². The minimum Gasteiger partial charge on any atom is -0.354 e. The SMILES string of the molecule is Cc1ccc(N2CCC[C@H]2C)nc1. The predicted molar refractivity (Wildman–Crippen MR) is 55.0 cm³/mol. The maximum atomic E-state index is 4.44. The maximum Gasteiger partial charge on any atom is 0.128 e. The molecule has 0 saturated carbocycles. The lowest BCUT2D eigenvalue weighted by molar-refractivity contribution is 0.727. The van der Waals surface area contributed by atoms with Crippen molar-refractivity contribution in [2.45, 2.75) is 32.7 Å². The summed E-state index contributed by atoms with van der Waals surface area (Å²) in [6, 6.07) is 4.92. The smallest absolute Gasteiger partial charge is 0.128 e. The molecule has 2 rings (SSSR count). The molecule has 0 N–H and O–H groups in total. The number of hydrogen-bond acceptors (Lipinski definition) is 2. The Labute approximate surface area is 79.6 Å². The van der Waals surface area contributed by atoms with Crippen LogP contribution in [0.1, 0.15) is 25.3 Å². The van der Waals surface area contributed by atoms with Crippen LogP contribution in [0.25, 0.3) is 0 Å². The number of hydrogen-bond donors (Lipinski definition) is 0. The average Bonchev–Trinajstić information content (AvgIpc) is 2.53. The van der Waals surface area contributed by atoms with E-state index >= 15 is 0 Å². The topological polar surface area (TPSA) is 16.1 Å². The Kier molecular flexibility index (Phi) is 2.21. The van der Waals surface area contributed by atoms with Gasteiger partial charge in [0.1, 0.15) is 5.82 Å². The van der Waals surface area contributed by atoms with E-state index in [0.717, 1.165) is 12.4 Å². The van der Waals surface area contributed by atoms with E-state index in [1.54, 1.807) is 0 Å². The summed E-state index contributed by atoms with van der Waals surface area (Å²) in [5, 5.41) is 0. The van der Waals surface area contributed by atoms with E-state index in [1.807, 2.05) is 6.20 Å². The van der Waals surface area contributed by atoms with Gasteiger partial charge in [0.05, 0.1) is 0 Å². The number of pyridine rings is 1. The van der Waals surface area contributed by atoms with Crippen LogP contribution in [-0.4, -0.2) is 17.6 Å². The summed E-state index contributed by atoms with van der Waals surface area (Å²) in [7, 11) is 0. The van der Waals surface area contributed by atoms with Gasteiger partial charge in [-0.05, 0) is 38.3 Å². The zero-order chi connectivity index (χ0) is 9.26. The molecule has 1 aromatic heterocycles. The Morgan fingerprint density at radius 3 is 2.85 bits per heavy atom. The molecule has 2 nitrogen and oxygen atoms in total. The van der Waals surface area contributed by atoms with Gasteiger partial charge >= 0.3 is 0 Å². The molecule has 0 spiro atoms. The minimum atomic E-state index is 0.662. The molecule has 2 heterocycles. The fraction of sp³-hybridized carbons (Fsp3) is 0.545. The van der Waals surface area contributed by atoms with Gasteiger partial charge in [-0.2, -0.15) is 0 Å². The van der Waals surface area contributed by atoms with E-state index in [1.165, 1.54) is 18.4 Å². The minimum absolute atomic E-state index is 0.662. The van der Waals surface area contributed by atoms with Gasteiger partial charge in [0.25, 0.3) is 0 Å². The van der Waals surface area contributed by atoms with Gasteiger partial charge in [-0.1, -0.05) is 6.07 Å². The van der Waals surface area contributed by atoms with Crippen LogP contribution in [0.3, 0.4) is 0 Å². The Balaban J connectivity index is 2.20. The summed E-state index contributed by atoms with van der Waals surface area (Å²) >= 11 is 0. The van der Waals surface area contributed by atoms with Crippen molar-refractivity contribution in [1.29, 1.82) is 0 Å². The third-order valence-electron chi connectivity index (χ3n) is 2.74. The van der Waals surface area contributed by atoms with Gasteiger partial charge in [0, 0.05) is 18.8 Å². The molecule has 2 heteroatoms. The van der Waals surface area contributed by atoms with E-state index in [4.69, 9.17) is 0 Å². The van der Waals surface area contributed by atoms with Crippen molar-refractivity contribution >= 4 is 5.82 Å². The number of rotatable bonds is 1. The number of nitrogens with zero attached hydrogens (tertiary/aromatic N) is 2. The highest BCUT2D eigenvalue weighted by atomic mass is 15.2. The molecular weight excluding hydrogens is 160 g/mol. The molecule has 13 heavy (non-hydrogen) atoms. The Bertz CT molecular complexity index is 279. The van der Waals surface area contributed by atoms with Crippen molar-refractivity contribution < 1.29 is 0 Å². The van der Waals surface area contributed by atoms with Crippen LogP contribution >= 0.6 is 0 Å². The van der Waals surface area contributed by atoms with E-state index in [9.17, 15) is 0 Å². The first-order valence-corrected chi connectivity index (χ1v) is 4.96. The van der Waals surface area contributed by atoms with Gasteiger partial charge in [0.15, 0.2) is 0 Å². The largest absolute Gasteiger partial charge is 0.354 e. The first kappa shape index (κ1) is 8.54. The first-order chi connectivity index (χ1) is 6.27. The standard InChI is InChI=1S/C11H16N2/c1-9-5-6-11(12-8-9)13-7-3-4-10(13)2/h5-6,8,10H,3-4,7H2,1-2H3/t10-/m1/s1. The highest BCUT2D eigenvalue weighted by Gasteiger charge is 2.20. The van der Waals surface area contributed by atoms with Gasteiger partial charge < -0.3 is 4.90 Å². The average molecular weight is 176 g/mol. The van der Waals surface area contributed by atoms with Crippen molar-refractivity contribution in [3.05, 3.63) is 23.9 Å². The highest BCUT2D eigenvalue weighted by molar-refractivity contribution is 5.41. The normalized spacial score (nSPS) is 22.3. The van der Waals surface area contributed by atoms with E-state index in [-0.39, 0.29) is 0 Å². The summed E-state index contributed by atoms with van der Waals surface area (Å²) in [4.78, 5) is 6.82. The molecule has 1 aliphatic heterocycles. The summed E-state index contributed by atoms with van der Waals surface area (Å²) in [5.74, 6) is 1.13. The van der Waals surface area contributed by atoms with Gasteiger partial charge in [0.2, 0.25) is 0 Å². The lowest BCUT2D eigenvalue weighted by Crippen LogP contribution is -2.26. The third-order valence-corrected chi connectivity index (χ3v) is 2.74. The fourth-order valence-electron chi connectivity index (χ4n) is 1.90. The van der Waals surface area contributed by atoms with Gasteiger partial charge in [-0.15, -0.1) is 0 Å². The molecule has 0 unspecified atom stereocenters. The lowest BCUT2D eigenvalue weighted by atomic mass is 10.2. The molecule has 0 radical (unpaired) electrons. The van der Waals surface area contributed by atoms with Crippen LogP contribution in [0.5, 0.6) is 0 Å². The number of aromatic nitrogens is 1. The second kappa shape index (κ2) is 3.36. The fourth-order valence-corrected chi connectivity index (χ4v) is 1.90. The maximum absolute atomic E-state index is 4.44. The van der Waals surface area contributed by atoms with Crippen molar-refractivity contribution in [2.24, 2.45) is 0 Å². The van der Waals surface area contributed by atoms with Crippen LogP contribution in [0.2, 0.25) is 0 Å². The molecule has 0 aromatic carbocycles. The Hall–Kier alpha value is -1.05. The lowest BCUT2D eigenvalue weighted by Gasteiger charge is -2.22. The number of aryl methyl sites for hydroxylation is 1. The van der Waals surface area contributed by atoms with Crippen LogP contribution in [-0.2, 0) is 0 Å². The zero-order valence-corrected chi connectivity index (χ0v) is 8.33. The molecule has 1 fully saturated rings. The first-order valence-electron chi connectivity index (χ1n) is 4.96. The molecule has 1 aromatic rings. The van der Waals surface area contributed by atoms with Crippen molar-refractivity contribution in [3.8, 4) is 0 Å². The van der Waals surface area contributed by atoms with Crippen molar-refractivity contribution in [2.75, 3.05) is 11.4 Å². The molecule has 1 aliphatic rings. The highest BCUT2D eigenvalue weighted by Crippen LogP contribution is 2.22. The summed E-state index contributed by atoms with van der Waals surface area (Å²) < 4.78 is 0. The third kappa shape index (κ3) is 1.67. The van der Waals surface area contributed by atoms with Crippen molar-refractivity contribution in [3.63, 3.8) is 0 Å². The number of anilines is 1. The second-order valence-corrected chi connectivity index (χ2v) is 3.88. The molecule has 0 aliphatic carbocycles. The monoisotopic (exact) mass is 176 g/mol. The van der Waals surface area contributed by atoms with Gasteiger partial charge in [-0.3, -0.25) is 0 Å². The van der Waals surface area contributed by atoms with Crippen LogP contribution in [0.4, 0.5) is 5.82 Å². The molecule has 1 saturated heterocycles. The van der Waals surface area contributed by atoms with Crippen LogP contribution in [0.15, 0.2) is 18.3 Å². The van der Waals surface area contributed by atoms with Gasteiger partial charge in [-0.25, -0.2) is 4.98 Å². The summed E-state index contributed by atoms with van der Waals surface area (Å²) in [5.41, 5.74) is 1.23. The van der Waals surface area contributed by atoms with E-state index in [0.29, 0.717) is 6.04 Å². The molecular formula is C11H16N2. The second-order valence-electron chi connectivity index (χ2n) is 3.88. The molecule has 0 bridgehead atoms. The van der Waals surface area contributed by atoms with Crippen molar-refractivity contribution in [1.82, 2.24) is 4.98 Å². The molecule has 70 valence electrons.